The van der Waals surface area contributed by atoms with Gasteiger partial charge in [-0.15, -0.1) is 0 Å². The molecule has 2 N–H and O–H groups in total. The van der Waals surface area contributed by atoms with Crippen molar-refractivity contribution in [3.63, 3.8) is 0 Å². The molecule has 1 rings (SSSR count). The van der Waals surface area contributed by atoms with E-state index in [9.17, 15) is 9.18 Å². The summed E-state index contributed by atoms with van der Waals surface area (Å²) in [6.07, 6.45) is 2.19. The van der Waals surface area contributed by atoms with Gasteiger partial charge in [-0.2, -0.15) is 0 Å². The monoisotopic (exact) mass is 266 g/mol. The van der Waals surface area contributed by atoms with Gasteiger partial charge in [-0.1, -0.05) is 26.3 Å². The Morgan fingerprint density at radius 3 is 2.74 bits per heavy atom. The lowest BCUT2D eigenvalue weighted by atomic mass is 10.0. The standard InChI is InChI=1S/C15H23FN2O/c1-4-11(2)8-12(3)17-10-15(19)18-14-7-5-6-13(16)9-14/h5-7,9,11-12,17H,4,8,10H2,1-3H3,(H,18,19). The fraction of sp³-hybridized carbons (Fsp3) is 0.533. The first-order chi connectivity index (χ1) is 9.01. The SMILES string of the molecule is CCC(C)CC(C)NCC(=O)Nc1cccc(F)c1. The van der Waals surface area contributed by atoms with E-state index in [2.05, 4.69) is 31.4 Å². The van der Waals surface area contributed by atoms with E-state index in [-0.39, 0.29) is 18.3 Å². The molecular formula is C15H23FN2O. The Hall–Kier alpha value is -1.42. The van der Waals surface area contributed by atoms with Gasteiger partial charge in [0.25, 0.3) is 0 Å². The molecule has 0 saturated heterocycles. The predicted octanol–water partition coefficient (Wildman–Crippen LogP) is 3.18. The average Bonchev–Trinajstić information content (AvgIpc) is 2.36. The number of hydrogen-bond acceptors (Lipinski definition) is 2. The summed E-state index contributed by atoms with van der Waals surface area (Å²) in [4.78, 5) is 11.7. The van der Waals surface area contributed by atoms with Crippen LogP contribution in [0, 0.1) is 11.7 Å². The minimum absolute atomic E-state index is 0.151. The summed E-state index contributed by atoms with van der Waals surface area (Å²) in [7, 11) is 0. The first-order valence-corrected chi connectivity index (χ1v) is 6.80. The summed E-state index contributed by atoms with van der Waals surface area (Å²) in [6.45, 7) is 6.68. The number of anilines is 1. The second-order valence-corrected chi connectivity index (χ2v) is 5.09. The Kier molecular flexibility index (Phi) is 6.50. The lowest BCUT2D eigenvalue weighted by molar-refractivity contribution is -0.115. The number of carbonyl (C=O) groups excluding carboxylic acids is 1. The van der Waals surface area contributed by atoms with Crippen LogP contribution in [0.1, 0.15) is 33.6 Å². The summed E-state index contributed by atoms with van der Waals surface area (Å²) in [5, 5.41) is 5.84. The normalized spacial score (nSPS) is 13.9. The molecule has 0 heterocycles. The van der Waals surface area contributed by atoms with Gasteiger partial charge in [-0.25, -0.2) is 4.39 Å². The summed E-state index contributed by atoms with van der Waals surface area (Å²) >= 11 is 0. The Morgan fingerprint density at radius 1 is 1.37 bits per heavy atom. The molecule has 0 saturated carbocycles. The Labute approximate surface area is 114 Å². The van der Waals surface area contributed by atoms with Crippen molar-refractivity contribution in [3.05, 3.63) is 30.1 Å². The zero-order valence-electron chi connectivity index (χ0n) is 11.9. The second-order valence-electron chi connectivity index (χ2n) is 5.09. The molecule has 0 aliphatic heterocycles. The van der Waals surface area contributed by atoms with Gasteiger partial charge in [-0.3, -0.25) is 4.79 Å². The predicted molar refractivity (Wildman–Crippen MR) is 76.6 cm³/mol. The molecule has 19 heavy (non-hydrogen) atoms. The molecule has 1 aromatic carbocycles. The fourth-order valence-corrected chi connectivity index (χ4v) is 1.89. The average molecular weight is 266 g/mol. The maximum atomic E-state index is 12.9. The molecule has 0 aliphatic rings. The van der Waals surface area contributed by atoms with Crippen molar-refractivity contribution in [2.75, 3.05) is 11.9 Å². The lowest BCUT2D eigenvalue weighted by Gasteiger charge is -2.17. The minimum atomic E-state index is -0.351. The number of nitrogens with one attached hydrogen (secondary N) is 2. The Bertz CT molecular complexity index is 409. The summed E-state index contributed by atoms with van der Waals surface area (Å²) in [5.74, 6) is 0.145. The highest BCUT2D eigenvalue weighted by Gasteiger charge is 2.09. The molecule has 0 aliphatic carbocycles. The largest absolute Gasteiger partial charge is 0.325 e. The fourth-order valence-electron chi connectivity index (χ4n) is 1.89. The van der Waals surface area contributed by atoms with Crippen molar-refractivity contribution in [1.29, 1.82) is 0 Å². The van der Waals surface area contributed by atoms with Crippen molar-refractivity contribution in [2.45, 2.75) is 39.7 Å². The molecule has 106 valence electrons. The first kappa shape index (κ1) is 15.6. The van der Waals surface area contributed by atoms with Crippen molar-refractivity contribution in [2.24, 2.45) is 5.92 Å². The van der Waals surface area contributed by atoms with Gasteiger partial charge >= 0.3 is 0 Å². The van der Waals surface area contributed by atoms with Gasteiger partial charge in [-0.05, 0) is 37.5 Å². The van der Waals surface area contributed by atoms with Crippen molar-refractivity contribution in [3.8, 4) is 0 Å². The van der Waals surface area contributed by atoms with E-state index in [1.54, 1.807) is 12.1 Å². The number of rotatable bonds is 7. The van der Waals surface area contributed by atoms with Gasteiger partial charge in [0.2, 0.25) is 5.91 Å². The molecule has 0 bridgehead atoms. The van der Waals surface area contributed by atoms with Crippen LogP contribution in [0.15, 0.2) is 24.3 Å². The second kappa shape index (κ2) is 7.89. The van der Waals surface area contributed by atoms with Crippen LogP contribution in [0.2, 0.25) is 0 Å². The topological polar surface area (TPSA) is 41.1 Å². The Morgan fingerprint density at radius 2 is 2.11 bits per heavy atom. The highest BCUT2D eigenvalue weighted by Crippen LogP contribution is 2.10. The van der Waals surface area contributed by atoms with E-state index >= 15 is 0 Å². The van der Waals surface area contributed by atoms with Gasteiger partial charge in [0.1, 0.15) is 5.82 Å². The van der Waals surface area contributed by atoms with E-state index in [1.807, 2.05) is 0 Å². The zero-order chi connectivity index (χ0) is 14.3. The third kappa shape index (κ3) is 6.34. The summed E-state index contributed by atoms with van der Waals surface area (Å²) in [5.41, 5.74) is 0.487. The molecule has 1 amide bonds. The van der Waals surface area contributed by atoms with E-state index in [0.29, 0.717) is 17.6 Å². The van der Waals surface area contributed by atoms with Crippen LogP contribution in [0.4, 0.5) is 10.1 Å². The first-order valence-electron chi connectivity index (χ1n) is 6.80. The van der Waals surface area contributed by atoms with E-state index in [0.717, 1.165) is 12.8 Å². The molecule has 2 atom stereocenters. The molecule has 3 nitrogen and oxygen atoms in total. The molecule has 0 aromatic heterocycles. The van der Waals surface area contributed by atoms with Gasteiger partial charge in [0.05, 0.1) is 6.54 Å². The third-order valence-corrected chi connectivity index (χ3v) is 3.17. The summed E-state index contributed by atoms with van der Waals surface area (Å²) < 4.78 is 12.9. The molecule has 2 unspecified atom stereocenters. The van der Waals surface area contributed by atoms with Gasteiger partial charge in [0.15, 0.2) is 0 Å². The van der Waals surface area contributed by atoms with Crippen LogP contribution < -0.4 is 10.6 Å². The molecule has 0 fully saturated rings. The zero-order valence-corrected chi connectivity index (χ0v) is 11.9. The van der Waals surface area contributed by atoms with Crippen molar-refractivity contribution in [1.82, 2.24) is 5.32 Å². The number of amides is 1. The maximum absolute atomic E-state index is 12.9. The molecule has 1 aromatic rings. The van der Waals surface area contributed by atoms with Gasteiger partial charge < -0.3 is 10.6 Å². The highest BCUT2D eigenvalue weighted by molar-refractivity contribution is 5.92. The smallest absolute Gasteiger partial charge is 0.238 e. The van der Waals surface area contributed by atoms with Crippen LogP contribution >= 0.6 is 0 Å². The van der Waals surface area contributed by atoms with Crippen molar-refractivity contribution < 1.29 is 9.18 Å². The quantitative estimate of drug-likeness (QED) is 0.796. The van der Waals surface area contributed by atoms with Gasteiger partial charge in [0, 0.05) is 11.7 Å². The van der Waals surface area contributed by atoms with Crippen LogP contribution in [-0.4, -0.2) is 18.5 Å². The number of benzene rings is 1. The Balaban J connectivity index is 2.32. The molecule has 4 heteroatoms. The number of carbonyl (C=O) groups is 1. The minimum Gasteiger partial charge on any atom is -0.325 e. The van der Waals surface area contributed by atoms with E-state index in [4.69, 9.17) is 0 Å². The van der Waals surface area contributed by atoms with Crippen molar-refractivity contribution >= 4 is 11.6 Å². The number of hydrogen-bond donors (Lipinski definition) is 2. The van der Waals surface area contributed by atoms with Crippen LogP contribution in [-0.2, 0) is 4.79 Å². The third-order valence-electron chi connectivity index (χ3n) is 3.17. The van der Waals surface area contributed by atoms with Crippen LogP contribution in [0.5, 0.6) is 0 Å². The maximum Gasteiger partial charge on any atom is 0.238 e. The highest BCUT2D eigenvalue weighted by atomic mass is 19.1. The molecule has 0 radical (unpaired) electrons. The molecular weight excluding hydrogens is 243 g/mol. The summed E-state index contributed by atoms with van der Waals surface area (Å²) in [6, 6.07) is 6.20. The van der Waals surface area contributed by atoms with Crippen LogP contribution in [0.3, 0.4) is 0 Å². The van der Waals surface area contributed by atoms with Crippen LogP contribution in [0.25, 0.3) is 0 Å². The van der Waals surface area contributed by atoms with E-state index < -0.39 is 0 Å². The lowest BCUT2D eigenvalue weighted by Crippen LogP contribution is -2.35. The number of halogens is 1. The van der Waals surface area contributed by atoms with E-state index in [1.165, 1.54) is 12.1 Å². The molecule has 0 spiro atoms.